The van der Waals surface area contributed by atoms with Crippen LogP contribution in [0.4, 0.5) is 14.5 Å². The third-order valence-corrected chi connectivity index (χ3v) is 2.36. The highest BCUT2D eigenvalue weighted by atomic mass is 19.1. The molecule has 0 bridgehead atoms. The minimum absolute atomic E-state index is 0.125. The quantitative estimate of drug-likeness (QED) is 0.901. The van der Waals surface area contributed by atoms with Gasteiger partial charge < -0.3 is 5.32 Å². The molecule has 1 N–H and O–H groups in total. The summed E-state index contributed by atoms with van der Waals surface area (Å²) < 4.78 is 26.8. The van der Waals surface area contributed by atoms with Crippen molar-refractivity contribution in [3.8, 4) is 6.07 Å². The van der Waals surface area contributed by atoms with E-state index in [4.69, 9.17) is 5.26 Å². The first-order valence-corrected chi connectivity index (χ1v) is 5.22. The van der Waals surface area contributed by atoms with Gasteiger partial charge in [-0.2, -0.15) is 5.26 Å². The molecule has 4 nitrogen and oxygen atoms in total. The van der Waals surface area contributed by atoms with Crippen molar-refractivity contribution in [2.75, 3.05) is 5.32 Å². The molecule has 0 aliphatic rings. The molecule has 0 atom stereocenters. The SMILES string of the molecule is N#Cc1ccc(NC(=O)c2ccncc2F)c(F)c1. The largest absolute Gasteiger partial charge is 0.319 e. The Balaban J connectivity index is 2.25. The van der Waals surface area contributed by atoms with E-state index >= 15 is 0 Å². The number of hydrogen-bond acceptors (Lipinski definition) is 3. The van der Waals surface area contributed by atoms with E-state index in [0.717, 1.165) is 12.3 Å². The van der Waals surface area contributed by atoms with Gasteiger partial charge in [-0.3, -0.25) is 9.78 Å². The highest BCUT2D eigenvalue weighted by Crippen LogP contribution is 2.17. The molecule has 94 valence electrons. The zero-order valence-electron chi connectivity index (χ0n) is 9.52. The van der Waals surface area contributed by atoms with Gasteiger partial charge in [-0.25, -0.2) is 8.78 Å². The predicted octanol–water partition coefficient (Wildman–Crippen LogP) is 2.48. The fraction of sp³-hybridized carbons (Fsp3) is 0. The lowest BCUT2D eigenvalue weighted by Crippen LogP contribution is -2.14. The number of carbonyl (C=O) groups excluding carboxylic acids is 1. The van der Waals surface area contributed by atoms with E-state index in [9.17, 15) is 13.6 Å². The maximum atomic E-state index is 13.5. The average molecular weight is 259 g/mol. The number of rotatable bonds is 2. The number of hydrogen-bond donors (Lipinski definition) is 1. The maximum absolute atomic E-state index is 13.5. The van der Waals surface area contributed by atoms with Crippen LogP contribution in [-0.4, -0.2) is 10.9 Å². The molecule has 0 aliphatic heterocycles. The number of anilines is 1. The molecule has 19 heavy (non-hydrogen) atoms. The topological polar surface area (TPSA) is 65.8 Å². The summed E-state index contributed by atoms with van der Waals surface area (Å²) in [5, 5.41) is 10.8. The third-order valence-electron chi connectivity index (χ3n) is 2.36. The number of aromatic nitrogens is 1. The van der Waals surface area contributed by atoms with Gasteiger partial charge in [-0.15, -0.1) is 0 Å². The van der Waals surface area contributed by atoms with Gasteiger partial charge in [0.2, 0.25) is 0 Å². The highest BCUT2D eigenvalue weighted by molar-refractivity contribution is 6.04. The summed E-state index contributed by atoms with van der Waals surface area (Å²) >= 11 is 0. The van der Waals surface area contributed by atoms with Crippen molar-refractivity contribution >= 4 is 11.6 Å². The Morgan fingerprint density at radius 3 is 2.68 bits per heavy atom. The van der Waals surface area contributed by atoms with Crippen LogP contribution in [0.3, 0.4) is 0 Å². The van der Waals surface area contributed by atoms with Gasteiger partial charge in [0.15, 0.2) is 5.82 Å². The van der Waals surface area contributed by atoms with Crippen molar-refractivity contribution in [1.29, 1.82) is 5.26 Å². The van der Waals surface area contributed by atoms with E-state index < -0.39 is 17.5 Å². The van der Waals surface area contributed by atoms with E-state index in [0.29, 0.717) is 0 Å². The van der Waals surface area contributed by atoms with Crippen LogP contribution in [0.1, 0.15) is 15.9 Å². The molecule has 1 heterocycles. The van der Waals surface area contributed by atoms with Crippen LogP contribution in [0.15, 0.2) is 36.7 Å². The zero-order chi connectivity index (χ0) is 13.8. The number of benzene rings is 1. The van der Waals surface area contributed by atoms with E-state index in [2.05, 4.69) is 10.3 Å². The average Bonchev–Trinajstić information content (AvgIpc) is 2.41. The van der Waals surface area contributed by atoms with Gasteiger partial charge in [-0.05, 0) is 24.3 Å². The molecule has 1 aromatic carbocycles. The standard InChI is InChI=1S/C13H7F2N3O/c14-10-5-8(6-16)1-2-12(10)18-13(19)9-3-4-17-7-11(9)15/h1-5,7H,(H,18,19). The summed E-state index contributed by atoms with van der Waals surface area (Å²) in [7, 11) is 0. The van der Waals surface area contributed by atoms with Crippen LogP contribution in [0.5, 0.6) is 0 Å². The molecular weight excluding hydrogens is 252 g/mol. The van der Waals surface area contributed by atoms with Crippen molar-refractivity contribution in [2.24, 2.45) is 0 Å². The van der Waals surface area contributed by atoms with Crippen molar-refractivity contribution in [3.05, 3.63) is 59.4 Å². The number of nitrogens with zero attached hydrogens (tertiary/aromatic N) is 2. The highest BCUT2D eigenvalue weighted by Gasteiger charge is 2.13. The summed E-state index contributed by atoms with van der Waals surface area (Å²) in [4.78, 5) is 15.2. The summed E-state index contributed by atoms with van der Waals surface area (Å²) in [5.74, 6) is -2.35. The van der Waals surface area contributed by atoms with Crippen LogP contribution in [0, 0.1) is 23.0 Å². The number of nitrogens with one attached hydrogen (secondary N) is 1. The van der Waals surface area contributed by atoms with Gasteiger partial charge in [0.05, 0.1) is 29.1 Å². The third kappa shape index (κ3) is 2.72. The van der Waals surface area contributed by atoms with Crippen LogP contribution in [-0.2, 0) is 0 Å². The van der Waals surface area contributed by atoms with E-state index in [1.165, 1.54) is 24.4 Å². The smallest absolute Gasteiger partial charge is 0.258 e. The Morgan fingerprint density at radius 1 is 1.26 bits per heavy atom. The van der Waals surface area contributed by atoms with Crippen molar-refractivity contribution in [3.63, 3.8) is 0 Å². The Bertz CT molecular complexity index is 680. The first-order valence-electron chi connectivity index (χ1n) is 5.22. The minimum Gasteiger partial charge on any atom is -0.319 e. The summed E-state index contributed by atoms with van der Waals surface area (Å²) in [6.45, 7) is 0. The summed E-state index contributed by atoms with van der Waals surface area (Å²) in [6.07, 6.45) is 2.15. The second-order valence-electron chi connectivity index (χ2n) is 3.62. The normalized spacial score (nSPS) is 9.74. The van der Waals surface area contributed by atoms with Crippen LogP contribution in [0.2, 0.25) is 0 Å². The Morgan fingerprint density at radius 2 is 2.05 bits per heavy atom. The Kier molecular flexibility index (Phi) is 3.48. The lowest BCUT2D eigenvalue weighted by atomic mass is 10.2. The van der Waals surface area contributed by atoms with Gasteiger partial charge in [-0.1, -0.05) is 0 Å². The molecule has 2 rings (SSSR count). The Labute approximate surface area is 107 Å². The lowest BCUT2D eigenvalue weighted by Gasteiger charge is -2.06. The molecule has 0 fully saturated rings. The fourth-order valence-corrected chi connectivity index (χ4v) is 1.44. The molecule has 6 heteroatoms. The van der Waals surface area contributed by atoms with Crippen molar-refractivity contribution in [1.82, 2.24) is 4.98 Å². The number of carbonyl (C=O) groups is 1. The molecule has 0 saturated heterocycles. The fourth-order valence-electron chi connectivity index (χ4n) is 1.44. The molecular formula is C13H7F2N3O. The molecule has 1 aromatic heterocycles. The number of halogens is 2. The van der Waals surface area contributed by atoms with E-state index in [1.807, 2.05) is 0 Å². The minimum atomic E-state index is -0.797. The van der Waals surface area contributed by atoms with Gasteiger partial charge in [0.1, 0.15) is 5.82 Å². The van der Waals surface area contributed by atoms with Gasteiger partial charge in [0.25, 0.3) is 5.91 Å². The Hall–Kier alpha value is -2.81. The number of amides is 1. The first kappa shape index (κ1) is 12.6. The zero-order valence-corrected chi connectivity index (χ0v) is 9.52. The van der Waals surface area contributed by atoms with E-state index in [1.54, 1.807) is 6.07 Å². The predicted molar refractivity (Wildman–Crippen MR) is 63.3 cm³/mol. The van der Waals surface area contributed by atoms with Crippen molar-refractivity contribution in [2.45, 2.75) is 0 Å². The lowest BCUT2D eigenvalue weighted by molar-refractivity contribution is 0.102. The second kappa shape index (κ2) is 5.23. The van der Waals surface area contributed by atoms with Crippen LogP contribution >= 0.6 is 0 Å². The van der Waals surface area contributed by atoms with Crippen LogP contribution in [0.25, 0.3) is 0 Å². The summed E-state index contributed by atoms with van der Waals surface area (Å²) in [5.41, 5.74) is -0.232. The first-order chi connectivity index (χ1) is 9.11. The molecule has 0 spiro atoms. The maximum Gasteiger partial charge on any atom is 0.258 e. The number of pyridine rings is 1. The molecule has 2 aromatic rings. The monoisotopic (exact) mass is 259 g/mol. The molecule has 0 radical (unpaired) electrons. The van der Waals surface area contributed by atoms with Crippen molar-refractivity contribution < 1.29 is 13.6 Å². The molecule has 0 saturated carbocycles. The molecule has 0 aliphatic carbocycles. The number of nitriles is 1. The van der Waals surface area contributed by atoms with E-state index in [-0.39, 0.29) is 16.8 Å². The second-order valence-corrected chi connectivity index (χ2v) is 3.62. The van der Waals surface area contributed by atoms with Gasteiger partial charge in [0, 0.05) is 6.20 Å². The summed E-state index contributed by atoms with van der Waals surface area (Å²) in [6, 6.07) is 6.53. The molecule has 1 amide bonds. The van der Waals surface area contributed by atoms with Gasteiger partial charge >= 0.3 is 0 Å². The van der Waals surface area contributed by atoms with Crippen LogP contribution < -0.4 is 5.32 Å². The molecule has 0 unspecified atom stereocenters.